The lowest BCUT2D eigenvalue weighted by molar-refractivity contribution is 0.0729. The van der Waals surface area contributed by atoms with Gasteiger partial charge in [0.25, 0.3) is 5.91 Å². The third kappa shape index (κ3) is 4.05. The van der Waals surface area contributed by atoms with Crippen LogP contribution in [0.4, 0.5) is 5.69 Å². The molecule has 32 heavy (non-hydrogen) atoms. The van der Waals surface area contributed by atoms with E-state index >= 15 is 0 Å². The van der Waals surface area contributed by atoms with Crippen LogP contribution in [0.5, 0.6) is 0 Å². The van der Waals surface area contributed by atoms with Crippen molar-refractivity contribution >= 4 is 21.6 Å². The van der Waals surface area contributed by atoms with E-state index in [1.54, 1.807) is 12.1 Å². The molecule has 2 saturated carbocycles. The molecule has 1 aromatic rings. The van der Waals surface area contributed by atoms with Gasteiger partial charge in [-0.05, 0) is 68.1 Å². The molecule has 4 rings (SSSR count). The van der Waals surface area contributed by atoms with E-state index < -0.39 is 10.0 Å². The molecule has 1 aliphatic heterocycles. The number of carbonyl (C=O) groups is 1. The van der Waals surface area contributed by atoms with Crippen molar-refractivity contribution in [3.8, 4) is 0 Å². The summed E-state index contributed by atoms with van der Waals surface area (Å²) in [6.45, 7) is 12.1. The molecule has 3 atom stereocenters. The molecule has 0 spiro atoms. The van der Waals surface area contributed by atoms with Crippen molar-refractivity contribution in [2.45, 2.75) is 70.9 Å². The van der Waals surface area contributed by atoms with Gasteiger partial charge in [0.1, 0.15) is 4.90 Å². The molecule has 1 amide bonds. The van der Waals surface area contributed by atoms with Crippen molar-refractivity contribution in [2.24, 2.45) is 16.7 Å². The summed E-state index contributed by atoms with van der Waals surface area (Å²) in [5.74, 6) is 0.416. The van der Waals surface area contributed by atoms with Gasteiger partial charge in [0.05, 0.1) is 18.9 Å². The zero-order chi connectivity index (χ0) is 23.3. The van der Waals surface area contributed by atoms with E-state index in [0.29, 0.717) is 43.5 Å². The van der Waals surface area contributed by atoms with Gasteiger partial charge in [-0.25, -0.2) is 8.42 Å². The summed E-state index contributed by atoms with van der Waals surface area (Å²) in [5, 5.41) is 6.52. The van der Waals surface area contributed by atoms with Gasteiger partial charge in [-0.1, -0.05) is 20.8 Å². The maximum Gasteiger partial charge on any atom is 0.251 e. The smallest absolute Gasteiger partial charge is 0.251 e. The Morgan fingerprint density at radius 1 is 1.19 bits per heavy atom. The minimum atomic E-state index is -3.75. The van der Waals surface area contributed by atoms with Gasteiger partial charge < -0.3 is 15.4 Å². The van der Waals surface area contributed by atoms with Crippen molar-refractivity contribution < 1.29 is 17.9 Å². The Hall–Kier alpha value is -1.64. The number of ether oxygens (including phenoxy) is 1. The molecule has 1 aromatic carbocycles. The first-order chi connectivity index (χ1) is 14.9. The van der Waals surface area contributed by atoms with E-state index in [9.17, 15) is 13.2 Å². The highest BCUT2D eigenvalue weighted by atomic mass is 32.2. The second-order valence-electron chi connectivity index (χ2n) is 10.8. The molecule has 3 fully saturated rings. The standard InChI is InChI=1S/C24H37N3O4S/c1-16(2)25-19-7-6-17(14-20(19)32(29,30)27-10-12-31-13-11-27)21(28)26-22-23(3,4)18-8-9-24(22,5)15-18/h6-7,14,16,18,22,25H,8-13,15H2,1-5H3,(H,26,28)/t18-,22?,24+/m1/s1. The van der Waals surface area contributed by atoms with E-state index in [-0.39, 0.29) is 33.7 Å². The molecule has 0 aromatic heterocycles. The maximum atomic E-state index is 13.5. The van der Waals surface area contributed by atoms with Crippen LogP contribution in [0.3, 0.4) is 0 Å². The number of nitrogens with one attached hydrogen (secondary N) is 2. The zero-order valence-corrected chi connectivity index (χ0v) is 20.7. The lowest BCUT2D eigenvalue weighted by Gasteiger charge is -2.43. The minimum absolute atomic E-state index is 0.0322. The molecule has 178 valence electrons. The number of anilines is 1. The van der Waals surface area contributed by atoms with Gasteiger partial charge in [0.2, 0.25) is 10.0 Å². The Bertz CT molecular complexity index is 980. The van der Waals surface area contributed by atoms with Crippen molar-refractivity contribution in [3.63, 3.8) is 0 Å². The third-order valence-corrected chi connectivity index (χ3v) is 9.76. The van der Waals surface area contributed by atoms with Crippen LogP contribution in [0.25, 0.3) is 0 Å². The Kier molecular flexibility index (Phi) is 6.09. The Balaban J connectivity index is 1.65. The second kappa shape index (κ2) is 8.29. The molecule has 2 N–H and O–H groups in total. The fourth-order valence-corrected chi connectivity index (χ4v) is 7.70. The topological polar surface area (TPSA) is 87.7 Å². The fraction of sp³-hybridized carbons (Fsp3) is 0.708. The van der Waals surface area contributed by atoms with Crippen LogP contribution in [0.1, 0.15) is 64.2 Å². The summed E-state index contributed by atoms with van der Waals surface area (Å²) < 4.78 is 33.7. The van der Waals surface area contributed by atoms with E-state index in [1.807, 2.05) is 13.8 Å². The zero-order valence-electron chi connectivity index (χ0n) is 19.9. The number of fused-ring (bicyclic) bond motifs is 2. The highest BCUT2D eigenvalue weighted by Crippen LogP contribution is 2.62. The molecule has 2 aliphatic carbocycles. The van der Waals surface area contributed by atoms with Crippen molar-refractivity contribution in [3.05, 3.63) is 23.8 Å². The average molecular weight is 464 g/mol. The van der Waals surface area contributed by atoms with Gasteiger partial charge >= 0.3 is 0 Å². The minimum Gasteiger partial charge on any atom is -0.382 e. The normalized spacial score (nSPS) is 29.9. The van der Waals surface area contributed by atoms with Gasteiger partial charge in [-0.15, -0.1) is 0 Å². The number of hydrogen-bond donors (Lipinski definition) is 2. The first-order valence-corrected chi connectivity index (χ1v) is 13.2. The van der Waals surface area contributed by atoms with Crippen LogP contribution in [-0.4, -0.2) is 57.0 Å². The van der Waals surface area contributed by atoms with E-state index in [2.05, 4.69) is 31.4 Å². The molecule has 1 unspecified atom stereocenters. The summed E-state index contributed by atoms with van der Waals surface area (Å²) in [7, 11) is -3.75. The number of amides is 1. The second-order valence-corrected chi connectivity index (χ2v) is 12.8. The number of hydrogen-bond acceptors (Lipinski definition) is 5. The van der Waals surface area contributed by atoms with Crippen LogP contribution >= 0.6 is 0 Å². The molecule has 7 nitrogen and oxygen atoms in total. The maximum absolute atomic E-state index is 13.5. The van der Waals surface area contributed by atoms with Crippen LogP contribution < -0.4 is 10.6 Å². The van der Waals surface area contributed by atoms with Crippen molar-refractivity contribution in [2.75, 3.05) is 31.6 Å². The first-order valence-electron chi connectivity index (χ1n) is 11.7. The van der Waals surface area contributed by atoms with Gasteiger partial charge in [-0.2, -0.15) is 4.31 Å². The van der Waals surface area contributed by atoms with Gasteiger partial charge in [0.15, 0.2) is 0 Å². The molecule has 3 aliphatic rings. The van der Waals surface area contributed by atoms with E-state index in [1.165, 1.54) is 16.8 Å². The van der Waals surface area contributed by atoms with Crippen molar-refractivity contribution in [1.82, 2.24) is 9.62 Å². The van der Waals surface area contributed by atoms with E-state index in [4.69, 9.17) is 4.74 Å². The molecule has 0 radical (unpaired) electrons. The fourth-order valence-electron chi connectivity index (χ4n) is 6.11. The number of carbonyl (C=O) groups excluding carboxylic acids is 1. The van der Waals surface area contributed by atoms with Crippen LogP contribution in [0.15, 0.2) is 23.1 Å². The molecule has 2 bridgehead atoms. The number of morpholine rings is 1. The Labute approximate surface area is 192 Å². The predicted molar refractivity (Wildman–Crippen MR) is 125 cm³/mol. The monoisotopic (exact) mass is 463 g/mol. The molecule has 8 heteroatoms. The molecular weight excluding hydrogens is 426 g/mol. The van der Waals surface area contributed by atoms with Crippen molar-refractivity contribution in [1.29, 1.82) is 0 Å². The van der Waals surface area contributed by atoms with Crippen LogP contribution in [-0.2, 0) is 14.8 Å². The van der Waals surface area contributed by atoms with Crippen LogP contribution in [0.2, 0.25) is 0 Å². The predicted octanol–water partition coefficient (Wildman–Crippen LogP) is 3.47. The molecular formula is C24H37N3O4S. The number of sulfonamides is 1. The molecule has 1 heterocycles. The highest BCUT2D eigenvalue weighted by molar-refractivity contribution is 7.89. The number of nitrogens with zero attached hydrogens (tertiary/aromatic N) is 1. The Morgan fingerprint density at radius 2 is 1.88 bits per heavy atom. The summed E-state index contributed by atoms with van der Waals surface area (Å²) in [4.78, 5) is 13.5. The van der Waals surface area contributed by atoms with Gasteiger partial charge in [0, 0.05) is 30.7 Å². The third-order valence-electron chi connectivity index (χ3n) is 7.82. The first kappa shape index (κ1) is 23.5. The number of benzene rings is 1. The number of rotatable bonds is 6. The highest BCUT2D eigenvalue weighted by Gasteiger charge is 2.59. The van der Waals surface area contributed by atoms with Gasteiger partial charge in [-0.3, -0.25) is 4.79 Å². The average Bonchev–Trinajstić information content (AvgIpc) is 3.22. The summed E-state index contributed by atoms with van der Waals surface area (Å²) in [5.41, 5.74) is 1.04. The lowest BCUT2D eigenvalue weighted by atomic mass is 9.68. The SMILES string of the molecule is CC(C)Nc1ccc(C(=O)NC2C(C)(C)[C@@H]3CC[C@@]2(C)C3)cc1S(=O)(=O)N1CCOCC1. The quantitative estimate of drug-likeness (QED) is 0.675. The summed E-state index contributed by atoms with van der Waals surface area (Å²) in [6.07, 6.45) is 3.48. The van der Waals surface area contributed by atoms with E-state index in [0.717, 1.165) is 12.8 Å². The summed E-state index contributed by atoms with van der Waals surface area (Å²) in [6, 6.07) is 5.11. The van der Waals surface area contributed by atoms with Crippen LogP contribution in [0, 0.1) is 16.7 Å². The summed E-state index contributed by atoms with van der Waals surface area (Å²) >= 11 is 0. The lowest BCUT2D eigenvalue weighted by Crippen LogP contribution is -2.52. The largest absolute Gasteiger partial charge is 0.382 e. The Morgan fingerprint density at radius 3 is 2.47 bits per heavy atom. The molecule has 1 saturated heterocycles.